The maximum atomic E-state index is 12.3. The predicted octanol–water partition coefficient (Wildman–Crippen LogP) is 3.23. The molecule has 0 spiro atoms. The van der Waals surface area contributed by atoms with Crippen LogP contribution in [0, 0.1) is 0 Å². The first-order valence-electron chi connectivity index (χ1n) is 5.54. The first-order chi connectivity index (χ1) is 9.44. The minimum absolute atomic E-state index is 0.112. The van der Waals surface area contributed by atoms with E-state index in [0.29, 0.717) is 10.7 Å². The van der Waals surface area contributed by atoms with Gasteiger partial charge in [-0.2, -0.15) is 8.42 Å². The van der Waals surface area contributed by atoms with Crippen molar-refractivity contribution in [3.05, 3.63) is 46.6 Å². The molecule has 0 radical (unpaired) electrons. The number of sulfonamides is 1. The molecule has 2 N–H and O–H groups in total. The summed E-state index contributed by atoms with van der Waals surface area (Å²) in [5.41, 5.74) is 0.588. The van der Waals surface area contributed by atoms with E-state index in [1.165, 1.54) is 18.3 Å². The van der Waals surface area contributed by atoms with Gasteiger partial charge in [0.15, 0.2) is 5.03 Å². The molecular formula is C12H11Cl2N3O2S. The van der Waals surface area contributed by atoms with Crippen molar-refractivity contribution in [1.82, 2.24) is 4.98 Å². The lowest BCUT2D eigenvalue weighted by atomic mass is 10.3. The van der Waals surface area contributed by atoms with Crippen molar-refractivity contribution in [3.8, 4) is 0 Å². The molecule has 0 saturated carbocycles. The van der Waals surface area contributed by atoms with Crippen LogP contribution in [-0.4, -0.2) is 20.4 Å². The molecule has 20 heavy (non-hydrogen) atoms. The van der Waals surface area contributed by atoms with Gasteiger partial charge >= 0.3 is 0 Å². The summed E-state index contributed by atoms with van der Waals surface area (Å²) in [7, 11) is -2.25. The van der Waals surface area contributed by atoms with Crippen LogP contribution in [0.15, 0.2) is 41.6 Å². The van der Waals surface area contributed by atoms with Crippen molar-refractivity contribution in [2.75, 3.05) is 17.1 Å². The number of halogens is 2. The fourth-order valence-electron chi connectivity index (χ4n) is 1.56. The minimum Gasteiger partial charge on any atom is -0.386 e. The van der Waals surface area contributed by atoms with Crippen molar-refractivity contribution in [1.29, 1.82) is 0 Å². The third-order valence-electron chi connectivity index (χ3n) is 2.47. The van der Waals surface area contributed by atoms with Crippen LogP contribution in [0.4, 0.5) is 11.4 Å². The predicted molar refractivity (Wildman–Crippen MR) is 81.1 cm³/mol. The number of benzene rings is 1. The van der Waals surface area contributed by atoms with E-state index in [9.17, 15) is 8.42 Å². The van der Waals surface area contributed by atoms with Gasteiger partial charge in [-0.1, -0.05) is 23.2 Å². The van der Waals surface area contributed by atoms with E-state index in [-0.39, 0.29) is 15.7 Å². The zero-order chi connectivity index (χ0) is 14.8. The Morgan fingerprint density at radius 2 is 1.90 bits per heavy atom. The van der Waals surface area contributed by atoms with Gasteiger partial charge in [-0.3, -0.25) is 4.72 Å². The van der Waals surface area contributed by atoms with Gasteiger partial charge in [0, 0.05) is 18.3 Å². The molecule has 0 atom stereocenters. The van der Waals surface area contributed by atoms with Crippen LogP contribution in [0.2, 0.25) is 10.0 Å². The molecule has 0 saturated heterocycles. The van der Waals surface area contributed by atoms with Gasteiger partial charge in [0.2, 0.25) is 0 Å². The van der Waals surface area contributed by atoms with Crippen molar-refractivity contribution >= 4 is 44.6 Å². The van der Waals surface area contributed by atoms with Gasteiger partial charge in [-0.05, 0) is 30.3 Å². The molecule has 106 valence electrons. The molecule has 8 heteroatoms. The summed E-state index contributed by atoms with van der Waals surface area (Å²) in [4.78, 5) is 3.88. The highest BCUT2D eigenvalue weighted by atomic mass is 35.5. The van der Waals surface area contributed by atoms with Crippen LogP contribution < -0.4 is 10.0 Å². The number of hydrogen-bond acceptors (Lipinski definition) is 4. The Kier molecular flexibility index (Phi) is 4.37. The Bertz CT molecular complexity index is 735. The van der Waals surface area contributed by atoms with Crippen molar-refractivity contribution in [2.45, 2.75) is 5.03 Å². The van der Waals surface area contributed by atoms with Crippen LogP contribution in [0.25, 0.3) is 0 Å². The fourth-order valence-corrected chi connectivity index (χ4v) is 3.17. The van der Waals surface area contributed by atoms with E-state index in [2.05, 4.69) is 15.0 Å². The summed E-state index contributed by atoms with van der Waals surface area (Å²) in [6.45, 7) is 0. The van der Waals surface area contributed by atoms with Gasteiger partial charge in [0.05, 0.1) is 16.4 Å². The molecule has 5 nitrogen and oxygen atoms in total. The summed E-state index contributed by atoms with van der Waals surface area (Å²) in [6.07, 6.45) is 1.40. The summed E-state index contributed by atoms with van der Waals surface area (Å²) >= 11 is 11.8. The number of rotatable bonds is 4. The maximum absolute atomic E-state index is 12.3. The Hall–Kier alpha value is -1.50. The molecule has 0 fully saturated rings. The molecule has 1 aromatic heterocycles. The summed E-state index contributed by atoms with van der Waals surface area (Å²) in [5.74, 6) is 0. The lowest BCUT2D eigenvalue weighted by Gasteiger charge is -2.12. The maximum Gasteiger partial charge on any atom is 0.281 e. The highest BCUT2D eigenvalue weighted by molar-refractivity contribution is 7.92. The van der Waals surface area contributed by atoms with E-state index in [0.717, 1.165) is 0 Å². The topological polar surface area (TPSA) is 71.1 Å². The molecule has 0 bridgehead atoms. The van der Waals surface area contributed by atoms with Gasteiger partial charge in [-0.15, -0.1) is 0 Å². The van der Waals surface area contributed by atoms with Crippen LogP contribution in [0.1, 0.15) is 0 Å². The third kappa shape index (κ3) is 3.15. The van der Waals surface area contributed by atoms with Crippen molar-refractivity contribution in [3.63, 3.8) is 0 Å². The summed E-state index contributed by atoms with van der Waals surface area (Å²) in [6, 6.07) is 7.77. The second-order valence-electron chi connectivity index (χ2n) is 3.84. The second kappa shape index (κ2) is 5.87. The smallest absolute Gasteiger partial charge is 0.281 e. The second-order valence-corrected chi connectivity index (χ2v) is 6.28. The van der Waals surface area contributed by atoms with Crippen LogP contribution in [-0.2, 0) is 10.0 Å². The number of nitrogens with one attached hydrogen (secondary N) is 2. The minimum atomic E-state index is -3.86. The van der Waals surface area contributed by atoms with Gasteiger partial charge in [-0.25, -0.2) is 4.98 Å². The monoisotopic (exact) mass is 331 g/mol. The molecule has 0 aliphatic carbocycles. The van der Waals surface area contributed by atoms with Crippen LogP contribution in [0.3, 0.4) is 0 Å². The Balaban J connectivity index is 2.43. The average Bonchev–Trinajstić information content (AvgIpc) is 2.42. The lowest BCUT2D eigenvalue weighted by Crippen LogP contribution is -2.16. The van der Waals surface area contributed by atoms with Crippen LogP contribution >= 0.6 is 23.2 Å². The number of hydrogen-bond donors (Lipinski definition) is 2. The number of pyridine rings is 1. The zero-order valence-corrected chi connectivity index (χ0v) is 12.7. The van der Waals surface area contributed by atoms with Crippen LogP contribution in [0.5, 0.6) is 0 Å². The molecule has 1 heterocycles. The fraction of sp³-hybridized carbons (Fsp3) is 0.0833. The number of aromatic nitrogens is 1. The van der Waals surface area contributed by atoms with E-state index in [1.54, 1.807) is 25.2 Å². The van der Waals surface area contributed by atoms with E-state index >= 15 is 0 Å². The normalized spacial score (nSPS) is 11.2. The molecule has 1 aromatic carbocycles. The van der Waals surface area contributed by atoms with E-state index in [4.69, 9.17) is 23.2 Å². The number of anilines is 2. The highest BCUT2D eigenvalue weighted by Crippen LogP contribution is 2.28. The Morgan fingerprint density at radius 1 is 1.15 bits per heavy atom. The Morgan fingerprint density at radius 3 is 2.60 bits per heavy atom. The zero-order valence-electron chi connectivity index (χ0n) is 10.4. The van der Waals surface area contributed by atoms with Gasteiger partial charge in [0.1, 0.15) is 0 Å². The number of nitrogens with zero attached hydrogens (tertiary/aromatic N) is 1. The highest BCUT2D eigenvalue weighted by Gasteiger charge is 2.20. The molecular weight excluding hydrogens is 321 g/mol. The molecule has 2 aromatic rings. The van der Waals surface area contributed by atoms with Crippen molar-refractivity contribution < 1.29 is 8.42 Å². The summed E-state index contributed by atoms with van der Waals surface area (Å²) in [5, 5.41) is 3.29. The third-order valence-corrected chi connectivity index (χ3v) is 4.36. The SMILES string of the molecule is CNc1cccnc1S(=O)(=O)Nc1cc(Cl)ccc1Cl. The molecule has 0 aliphatic heterocycles. The first kappa shape index (κ1) is 14.9. The van der Waals surface area contributed by atoms with Crippen molar-refractivity contribution in [2.24, 2.45) is 0 Å². The summed E-state index contributed by atoms with van der Waals surface area (Å²) < 4.78 is 27.0. The molecule has 2 rings (SSSR count). The average molecular weight is 332 g/mol. The first-order valence-corrected chi connectivity index (χ1v) is 7.78. The lowest BCUT2D eigenvalue weighted by molar-refractivity contribution is 0.598. The van der Waals surface area contributed by atoms with Gasteiger partial charge in [0.25, 0.3) is 10.0 Å². The van der Waals surface area contributed by atoms with E-state index in [1.807, 2.05) is 0 Å². The van der Waals surface area contributed by atoms with E-state index < -0.39 is 10.0 Å². The standard InChI is InChI=1S/C12H11Cl2N3O2S/c1-15-10-3-2-6-16-12(10)20(18,19)17-11-7-8(13)4-5-9(11)14/h2-7,15,17H,1H3. The molecule has 0 aliphatic rings. The largest absolute Gasteiger partial charge is 0.386 e. The quantitative estimate of drug-likeness (QED) is 0.902. The Labute approximate surface area is 127 Å². The molecule has 0 unspecified atom stereocenters. The molecule has 0 amide bonds. The van der Waals surface area contributed by atoms with Gasteiger partial charge < -0.3 is 5.32 Å².